The average Bonchev–Trinajstić information content (AvgIpc) is 3.25. The van der Waals surface area contributed by atoms with Crippen LogP contribution in [0.5, 0.6) is 0 Å². The molecule has 0 aliphatic carbocycles. The number of rotatable bonds is 4. The minimum absolute atomic E-state index is 0.112. The lowest BCUT2D eigenvalue weighted by Gasteiger charge is -2.11. The summed E-state index contributed by atoms with van der Waals surface area (Å²) in [6.45, 7) is 0. The van der Waals surface area contributed by atoms with Gasteiger partial charge in [0.05, 0.1) is 0 Å². The zero-order valence-electron chi connectivity index (χ0n) is 13.1. The largest absolute Gasteiger partial charge is 0.345 e. The lowest BCUT2D eigenvalue weighted by molar-refractivity contribution is 0.0827. The quantitative estimate of drug-likeness (QED) is 0.772. The number of nitrogens with one attached hydrogen (secondary N) is 1. The van der Waals surface area contributed by atoms with Crippen LogP contribution in [0.2, 0.25) is 0 Å². The van der Waals surface area contributed by atoms with Crippen molar-refractivity contribution < 1.29 is 9.59 Å². The minimum atomic E-state index is -0.290. The molecule has 5 nitrogen and oxygen atoms in total. The SMILES string of the molecule is CN(C)C(=O)c1cccc(NC(=O)c2csc(-c3ccsc3)n2)c1. The van der Waals surface area contributed by atoms with Gasteiger partial charge in [0.1, 0.15) is 10.7 Å². The van der Waals surface area contributed by atoms with Crippen LogP contribution in [-0.2, 0) is 0 Å². The molecule has 2 heterocycles. The third kappa shape index (κ3) is 3.52. The van der Waals surface area contributed by atoms with Crippen molar-refractivity contribution in [2.45, 2.75) is 0 Å². The Morgan fingerprint density at radius 1 is 1.17 bits per heavy atom. The van der Waals surface area contributed by atoms with Crippen molar-refractivity contribution in [2.75, 3.05) is 19.4 Å². The summed E-state index contributed by atoms with van der Waals surface area (Å²) < 4.78 is 0. The zero-order valence-corrected chi connectivity index (χ0v) is 14.8. The van der Waals surface area contributed by atoms with E-state index in [0.717, 1.165) is 10.6 Å². The van der Waals surface area contributed by atoms with E-state index in [-0.39, 0.29) is 11.8 Å². The lowest BCUT2D eigenvalue weighted by atomic mass is 10.2. The summed E-state index contributed by atoms with van der Waals surface area (Å²) in [6.07, 6.45) is 0. The van der Waals surface area contributed by atoms with E-state index in [2.05, 4.69) is 10.3 Å². The summed E-state index contributed by atoms with van der Waals surface area (Å²) >= 11 is 3.02. The first-order valence-electron chi connectivity index (χ1n) is 7.16. The van der Waals surface area contributed by atoms with Crippen LogP contribution in [0.1, 0.15) is 20.8 Å². The molecule has 0 fully saturated rings. The molecule has 0 saturated carbocycles. The Balaban J connectivity index is 1.76. The second-order valence-corrected chi connectivity index (χ2v) is 6.92. The second kappa shape index (κ2) is 6.94. The van der Waals surface area contributed by atoms with Gasteiger partial charge in [-0.15, -0.1) is 11.3 Å². The van der Waals surface area contributed by atoms with Crippen LogP contribution in [0.25, 0.3) is 10.6 Å². The molecule has 0 aliphatic rings. The molecule has 122 valence electrons. The first-order chi connectivity index (χ1) is 11.5. The highest BCUT2D eigenvalue weighted by molar-refractivity contribution is 7.14. The Hall–Kier alpha value is -2.51. The van der Waals surface area contributed by atoms with Gasteiger partial charge in [-0.3, -0.25) is 9.59 Å². The number of anilines is 1. The van der Waals surface area contributed by atoms with Crippen LogP contribution in [0.15, 0.2) is 46.5 Å². The van der Waals surface area contributed by atoms with Gasteiger partial charge in [-0.1, -0.05) is 6.07 Å². The summed E-state index contributed by atoms with van der Waals surface area (Å²) in [5, 5.41) is 9.31. The average molecular weight is 357 g/mol. The number of hydrogen-bond acceptors (Lipinski definition) is 5. The van der Waals surface area contributed by atoms with Gasteiger partial charge < -0.3 is 10.2 Å². The number of thiophene rings is 1. The van der Waals surface area contributed by atoms with Gasteiger partial charge >= 0.3 is 0 Å². The highest BCUT2D eigenvalue weighted by atomic mass is 32.1. The predicted molar refractivity (Wildman–Crippen MR) is 97.8 cm³/mol. The number of amides is 2. The predicted octanol–water partition coefficient (Wildman–Crippen LogP) is 3.83. The molecule has 2 amide bonds. The lowest BCUT2D eigenvalue weighted by Crippen LogP contribution is -2.22. The molecule has 0 bridgehead atoms. The van der Waals surface area contributed by atoms with Gasteiger partial charge in [-0.25, -0.2) is 4.98 Å². The maximum atomic E-state index is 12.4. The number of hydrogen-bond donors (Lipinski definition) is 1. The van der Waals surface area contributed by atoms with Crippen molar-refractivity contribution in [3.8, 4) is 10.6 Å². The van der Waals surface area contributed by atoms with Crippen LogP contribution in [0, 0.1) is 0 Å². The highest BCUT2D eigenvalue weighted by Crippen LogP contribution is 2.26. The molecule has 3 aromatic rings. The Morgan fingerprint density at radius 3 is 2.71 bits per heavy atom. The number of aromatic nitrogens is 1. The van der Waals surface area contributed by atoms with E-state index in [4.69, 9.17) is 0 Å². The van der Waals surface area contributed by atoms with Gasteiger partial charge in [0.25, 0.3) is 11.8 Å². The molecule has 0 spiro atoms. The first-order valence-corrected chi connectivity index (χ1v) is 8.98. The molecule has 1 N–H and O–H groups in total. The Kier molecular flexibility index (Phi) is 4.73. The standard InChI is InChI=1S/C17H15N3O2S2/c1-20(2)17(22)11-4-3-5-13(8-11)18-15(21)14-10-24-16(19-14)12-6-7-23-9-12/h3-10H,1-2H3,(H,18,21). The summed E-state index contributed by atoms with van der Waals surface area (Å²) in [7, 11) is 3.38. The van der Waals surface area contributed by atoms with Crippen LogP contribution < -0.4 is 5.32 Å². The molecular formula is C17H15N3O2S2. The maximum absolute atomic E-state index is 12.4. The van der Waals surface area contributed by atoms with E-state index >= 15 is 0 Å². The smallest absolute Gasteiger partial charge is 0.275 e. The van der Waals surface area contributed by atoms with Gasteiger partial charge in [0, 0.05) is 41.7 Å². The number of thiazole rings is 1. The molecule has 1 aromatic carbocycles. The summed E-state index contributed by atoms with van der Waals surface area (Å²) in [5.41, 5.74) is 2.47. The molecule has 0 unspecified atom stereocenters. The first kappa shape index (κ1) is 16.4. The number of carbonyl (C=O) groups excluding carboxylic acids is 2. The van der Waals surface area contributed by atoms with E-state index in [0.29, 0.717) is 16.9 Å². The van der Waals surface area contributed by atoms with E-state index < -0.39 is 0 Å². The zero-order chi connectivity index (χ0) is 17.1. The van der Waals surface area contributed by atoms with E-state index in [1.54, 1.807) is 55.1 Å². The van der Waals surface area contributed by atoms with Crippen molar-refractivity contribution in [3.05, 3.63) is 57.7 Å². The molecule has 0 atom stereocenters. The summed E-state index contributed by atoms with van der Waals surface area (Å²) in [6, 6.07) is 8.84. The van der Waals surface area contributed by atoms with Crippen LogP contribution in [-0.4, -0.2) is 35.8 Å². The van der Waals surface area contributed by atoms with Crippen molar-refractivity contribution in [3.63, 3.8) is 0 Å². The molecule has 2 aromatic heterocycles. The monoisotopic (exact) mass is 357 g/mol. The molecule has 3 rings (SSSR count). The number of carbonyl (C=O) groups is 2. The molecule has 0 aliphatic heterocycles. The number of nitrogens with zero attached hydrogens (tertiary/aromatic N) is 2. The van der Waals surface area contributed by atoms with Crippen LogP contribution in [0.4, 0.5) is 5.69 Å². The maximum Gasteiger partial charge on any atom is 0.275 e. The van der Waals surface area contributed by atoms with E-state index in [9.17, 15) is 9.59 Å². The van der Waals surface area contributed by atoms with Crippen molar-refractivity contribution >= 4 is 40.2 Å². The molecule has 7 heteroatoms. The van der Waals surface area contributed by atoms with Crippen molar-refractivity contribution in [1.82, 2.24) is 9.88 Å². The fourth-order valence-corrected chi connectivity index (χ4v) is 3.59. The van der Waals surface area contributed by atoms with Gasteiger partial charge in [-0.05, 0) is 29.6 Å². The normalized spacial score (nSPS) is 10.4. The topological polar surface area (TPSA) is 62.3 Å². The summed E-state index contributed by atoms with van der Waals surface area (Å²) in [5.74, 6) is -0.401. The van der Waals surface area contributed by atoms with Gasteiger partial charge in [-0.2, -0.15) is 11.3 Å². The third-order valence-electron chi connectivity index (χ3n) is 3.28. The molecule has 24 heavy (non-hydrogen) atoms. The molecule has 0 saturated heterocycles. The summed E-state index contributed by atoms with van der Waals surface area (Å²) in [4.78, 5) is 30.2. The fourth-order valence-electron chi connectivity index (χ4n) is 2.08. The Bertz CT molecular complexity index is 870. The number of benzene rings is 1. The van der Waals surface area contributed by atoms with Gasteiger partial charge in [0.15, 0.2) is 0 Å². The second-order valence-electron chi connectivity index (χ2n) is 5.28. The van der Waals surface area contributed by atoms with Crippen molar-refractivity contribution in [1.29, 1.82) is 0 Å². The Morgan fingerprint density at radius 2 is 2.00 bits per heavy atom. The van der Waals surface area contributed by atoms with Gasteiger partial charge in [0.2, 0.25) is 0 Å². The Labute approximate surface area is 147 Å². The highest BCUT2D eigenvalue weighted by Gasteiger charge is 2.14. The minimum Gasteiger partial charge on any atom is -0.345 e. The van der Waals surface area contributed by atoms with Crippen molar-refractivity contribution in [2.24, 2.45) is 0 Å². The van der Waals surface area contributed by atoms with E-state index in [1.807, 2.05) is 16.8 Å². The fraction of sp³-hybridized carbons (Fsp3) is 0.118. The van der Waals surface area contributed by atoms with Crippen LogP contribution >= 0.6 is 22.7 Å². The molecule has 0 radical (unpaired) electrons. The van der Waals surface area contributed by atoms with E-state index in [1.165, 1.54) is 16.2 Å². The third-order valence-corrected chi connectivity index (χ3v) is 4.85. The van der Waals surface area contributed by atoms with Crippen LogP contribution in [0.3, 0.4) is 0 Å². The molecular weight excluding hydrogens is 342 g/mol.